The van der Waals surface area contributed by atoms with E-state index in [0.29, 0.717) is 31.3 Å². The zero-order valence-electron chi connectivity index (χ0n) is 12.2. The first-order valence-electron chi connectivity index (χ1n) is 7.06. The summed E-state index contributed by atoms with van der Waals surface area (Å²) in [6.07, 6.45) is 3.37. The Bertz CT molecular complexity index is 710. The second-order valence-corrected chi connectivity index (χ2v) is 5.14. The maximum absolute atomic E-state index is 12.5. The lowest BCUT2D eigenvalue weighted by molar-refractivity contribution is -0.141. The molecule has 0 aliphatic carbocycles. The largest absolute Gasteiger partial charge is 0.377 e. The van der Waals surface area contributed by atoms with Gasteiger partial charge in [0.1, 0.15) is 12.4 Å². The van der Waals surface area contributed by atoms with Crippen LogP contribution in [-0.2, 0) is 16.1 Å². The quantitative estimate of drug-likeness (QED) is 0.853. The van der Waals surface area contributed by atoms with Crippen LogP contribution in [0.4, 0.5) is 0 Å². The van der Waals surface area contributed by atoms with E-state index in [1.807, 2.05) is 0 Å². The normalized spacial score (nSPS) is 18.4. The highest BCUT2D eigenvalue weighted by molar-refractivity contribution is 5.76. The number of carbonyl (C=O) groups is 1. The predicted molar refractivity (Wildman–Crippen MR) is 77.1 cm³/mol. The minimum atomic E-state index is -0.349. The number of morpholine rings is 1. The van der Waals surface area contributed by atoms with E-state index >= 15 is 0 Å². The summed E-state index contributed by atoms with van der Waals surface area (Å²) in [5.41, 5.74) is 0.322. The van der Waals surface area contributed by atoms with Crippen molar-refractivity contribution in [3.8, 4) is 0 Å². The van der Waals surface area contributed by atoms with Crippen molar-refractivity contribution in [1.82, 2.24) is 24.6 Å². The van der Waals surface area contributed by atoms with E-state index in [-0.39, 0.29) is 24.1 Å². The number of aryl methyl sites for hydroxylation is 1. The number of hydrogen-bond donors (Lipinski definition) is 1. The second kappa shape index (κ2) is 6.10. The molecule has 2 aromatic rings. The number of carbonyl (C=O) groups excluding carboxylic acids is 1. The molecular formula is C14H17N5O3. The van der Waals surface area contributed by atoms with Crippen LogP contribution in [0.5, 0.6) is 0 Å². The monoisotopic (exact) mass is 303 g/mol. The number of ether oxygens (including phenoxy) is 1. The molecule has 3 rings (SSSR count). The van der Waals surface area contributed by atoms with Crippen molar-refractivity contribution in [1.29, 1.82) is 0 Å². The summed E-state index contributed by atoms with van der Waals surface area (Å²) in [6, 6.07) is 2.84. The van der Waals surface area contributed by atoms with Gasteiger partial charge in [0.25, 0.3) is 5.56 Å². The Kier molecular flexibility index (Phi) is 4.01. The lowest BCUT2D eigenvalue weighted by Gasteiger charge is -2.35. The molecule has 1 aliphatic heterocycles. The summed E-state index contributed by atoms with van der Waals surface area (Å²) < 4.78 is 7.04. The first-order valence-corrected chi connectivity index (χ1v) is 7.06. The molecule has 22 heavy (non-hydrogen) atoms. The fourth-order valence-corrected chi connectivity index (χ4v) is 2.54. The second-order valence-electron chi connectivity index (χ2n) is 5.14. The Balaban J connectivity index is 1.84. The molecule has 1 fully saturated rings. The topological polar surface area (TPSA) is 93.1 Å². The minimum Gasteiger partial charge on any atom is -0.377 e. The molecule has 1 aliphatic rings. The number of aromatic amines is 1. The Morgan fingerprint density at radius 2 is 2.41 bits per heavy atom. The van der Waals surface area contributed by atoms with Gasteiger partial charge in [-0.3, -0.25) is 14.3 Å². The van der Waals surface area contributed by atoms with Gasteiger partial charge in [0.15, 0.2) is 0 Å². The average molecular weight is 303 g/mol. The van der Waals surface area contributed by atoms with Gasteiger partial charge in [-0.15, -0.1) is 0 Å². The van der Waals surface area contributed by atoms with E-state index in [0.717, 1.165) is 0 Å². The molecule has 2 aromatic heterocycles. The zero-order valence-corrected chi connectivity index (χ0v) is 12.2. The van der Waals surface area contributed by atoms with Gasteiger partial charge in [-0.1, -0.05) is 0 Å². The highest BCUT2D eigenvalue weighted by atomic mass is 16.5. The minimum absolute atomic E-state index is 0.0725. The number of aromatic nitrogens is 4. The smallest absolute Gasteiger partial charge is 0.251 e. The van der Waals surface area contributed by atoms with E-state index in [1.54, 1.807) is 35.0 Å². The van der Waals surface area contributed by atoms with Crippen LogP contribution in [0.2, 0.25) is 0 Å². The van der Waals surface area contributed by atoms with Gasteiger partial charge in [0.2, 0.25) is 5.91 Å². The summed E-state index contributed by atoms with van der Waals surface area (Å²) in [7, 11) is 0. The molecule has 3 heterocycles. The molecule has 116 valence electrons. The summed E-state index contributed by atoms with van der Waals surface area (Å²) in [5.74, 6) is 0.448. The van der Waals surface area contributed by atoms with Gasteiger partial charge in [-0.2, -0.15) is 5.10 Å². The molecule has 1 N–H and O–H groups in total. The number of amides is 1. The molecule has 0 aromatic carbocycles. The molecule has 1 amide bonds. The van der Waals surface area contributed by atoms with Gasteiger partial charge < -0.3 is 14.6 Å². The molecule has 0 saturated carbocycles. The average Bonchev–Trinajstić information content (AvgIpc) is 2.99. The third-order valence-corrected chi connectivity index (χ3v) is 3.53. The third-order valence-electron chi connectivity index (χ3n) is 3.53. The molecule has 0 unspecified atom stereocenters. The van der Waals surface area contributed by atoms with Crippen LogP contribution in [0.3, 0.4) is 0 Å². The molecule has 8 heteroatoms. The number of rotatable bonds is 3. The fraction of sp³-hybridized carbons (Fsp3) is 0.429. The van der Waals surface area contributed by atoms with Crippen molar-refractivity contribution in [3.63, 3.8) is 0 Å². The molecule has 0 bridgehead atoms. The highest BCUT2D eigenvalue weighted by Gasteiger charge is 2.30. The van der Waals surface area contributed by atoms with Gasteiger partial charge in [0.05, 0.1) is 24.9 Å². The number of nitrogens with zero attached hydrogens (tertiary/aromatic N) is 4. The Morgan fingerprint density at radius 1 is 1.55 bits per heavy atom. The Labute approximate surface area is 126 Å². The van der Waals surface area contributed by atoms with Crippen LogP contribution >= 0.6 is 0 Å². The predicted octanol–water partition coefficient (Wildman–Crippen LogP) is -0.125. The maximum atomic E-state index is 12.5. The first-order chi connectivity index (χ1) is 10.6. The van der Waals surface area contributed by atoms with Crippen molar-refractivity contribution in [2.45, 2.75) is 19.5 Å². The van der Waals surface area contributed by atoms with Crippen LogP contribution in [0.15, 0.2) is 29.3 Å². The van der Waals surface area contributed by atoms with Crippen molar-refractivity contribution >= 4 is 5.91 Å². The number of nitrogens with one attached hydrogen (secondary N) is 1. The van der Waals surface area contributed by atoms with E-state index < -0.39 is 0 Å². The zero-order chi connectivity index (χ0) is 15.5. The van der Waals surface area contributed by atoms with Crippen molar-refractivity contribution < 1.29 is 9.53 Å². The van der Waals surface area contributed by atoms with Crippen LogP contribution in [0.25, 0.3) is 0 Å². The lowest BCUT2D eigenvalue weighted by Crippen LogP contribution is -2.45. The van der Waals surface area contributed by atoms with Crippen LogP contribution < -0.4 is 5.56 Å². The lowest BCUT2D eigenvalue weighted by atomic mass is 10.1. The highest BCUT2D eigenvalue weighted by Crippen LogP contribution is 2.22. The SMILES string of the molecule is Cc1nc([C@@H]2COCCN2C(=O)Cn2cccn2)cc(=O)[nH]1. The van der Waals surface area contributed by atoms with Gasteiger partial charge in [-0.25, -0.2) is 4.98 Å². The van der Waals surface area contributed by atoms with Gasteiger partial charge in [0, 0.05) is 25.0 Å². The summed E-state index contributed by atoms with van der Waals surface area (Å²) in [6.45, 7) is 3.15. The van der Waals surface area contributed by atoms with Crippen LogP contribution in [0, 0.1) is 6.92 Å². The summed E-state index contributed by atoms with van der Waals surface area (Å²) >= 11 is 0. The molecule has 0 spiro atoms. The van der Waals surface area contributed by atoms with E-state index in [2.05, 4.69) is 15.1 Å². The van der Waals surface area contributed by atoms with Gasteiger partial charge in [-0.05, 0) is 13.0 Å². The van der Waals surface area contributed by atoms with Gasteiger partial charge >= 0.3 is 0 Å². The van der Waals surface area contributed by atoms with Crippen molar-refractivity contribution in [3.05, 3.63) is 46.4 Å². The van der Waals surface area contributed by atoms with E-state index in [1.165, 1.54) is 6.07 Å². The molecule has 8 nitrogen and oxygen atoms in total. The third kappa shape index (κ3) is 3.06. The summed E-state index contributed by atoms with van der Waals surface area (Å²) in [5, 5.41) is 4.04. The molecular weight excluding hydrogens is 286 g/mol. The van der Waals surface area contributed by atoms with Crippen LogP contribution in [-0.4, -0.2) is 50.3 Å². The molecule has 0 radical (unpaired) electrons. The van der Waals surface area contributed by atoms with Crippen molar-refractivity contribution in [2.24, 2.45) is 0 Å². The number of H-pyrrole nitrogens is 1. The van der Waals surface area contributed by atoms with E-state index in [4.69, 9.17) is 4.74 Å². The van der Waals surface area contributed by atoms with E-state index in [9.17, 15) is 9.59 Å². The summed E-state index contributed by atoms with van der Waals surface area (Å²) in [4.78, 5) is 32.8. The Hall–Kier alpha value is -2.48. The van der Waals surface area contributed by atoms with Crippen molar-refractivity contribution in [2.75, 3.05) is 19.8 Å². The molecule has 1 atom stereocenters. The molecule has 1 saturated heterocycles. The number of hydrogen-bond acceptors (Lipinski definition) is 5. The fourth-order valence-electron chi connectivity index (χ4n) is 2.54. The van der Waals surface area contributed by atoms with Crippen LogP contribution in [0.1, 0.15) is 17.6 Å². The Morgan fingerprint density at radius 3 is 3.14 bits per heavy atom. The maximum Gasteiger partial charge on any atom is 0.251 e. The standard InChI is InChI=1S/C14H17N5O3/c1-10-16-11(7-13(20)17-10)12-9-22-6-5-19(12)14(21)8-18-4-2-3-15-18/h2-4,7,12H,5-6,8-9H2,1H3,(H,16,17,20)/t12-/m0/s1. The first kappa shape index (κ1) is 14.5.